The van der Waals surface area contributed by atoms with Crippen molar-refractivity contribution in [2.75, 3.05) is 33.0 Å². The van der Waals surface area contributed by atoms with Gasteiger partial charge in [0.15, 0.2) is 11.4 Å². The van der Waals surface area contributed by atoms with Gasteiger partial charge in [-0.1, -0.05) is 68.9 Å². The monoisotopic (exact) mass is 737 g/mol. The predicted octanol–water partition coefficient (Wildman–Crippen LogP) is 9.90. The fraction of sp³-hybridized carbons (Fsp3) is 0.628. The summed E-state index contributed by atoms with van der Waals surface area (Å²) in [6, 6.07) is 10.2. The number of nitrogens with one attached hydrogen (secondary N) is 1. The molecule has 1 N–H and O–H groups in total. The standard InChI is InChI=1S/C20H31NO3.C13H16N.C10H22O3Si/c1-4-23-19(22)20(3,24-5-2)18(14-16-12-9-13-16)21-15-17-10-7-6-8-11-17;1-2-5-13(6-3-1)11-14-10-9-12-7-4-8-12;1-7-11-10(12-8-2)9(3)13-14(4,5)6/h6-8,10-11,16,18,21H,4-5,9,12-15H2,1-3H3;1-2,5-6,10,12H,4,7-9,11H2;7-8H2,1-6H3/q;+1;. The van der Waals surface area contributed by atoms with Crippen molar-refractivity contribution >= 4 is 20.5 Å². The van der Waals surface area contributed by atoms with E-state index in [4.69, 9.17) is 23.4 Å². The summed E-state index contributed by atoms with van der Waals surface area (Å²) in [4.78, 5) is 17.0. The van der Waals surface area contributed by atoms with Crippen LogP contribution in [0.3, 0.4) is 0 Å². The van der Waals surface area contributed by atoms with Crippen molar-refractivity contribution in [3.8, 4) is 0 Å². The van der Waals surface area contributed by atoms with E-state index in [0.717, 1.165) is 31.2 Å². The smallest absolute Gasteiger partial charge is 0.339 e. The van der Waals surface area contributed by atoms with Crippen LogP contribution in [0.25, 0.3) is 0 Å². The van der Waals surface area contributed by atoms with Crippen LogP contribution in [0.4, 0.5) is 0 Å². The van der Waals surface area contributed by atoms with Gasteiger partial charge >= 0.3 is 11.9 Å². The molecule has 0 spiro atoms. The topological polar surface area (TPSA) is 87.6 Å². The Hall–Kier alpha value is -3.23. The van der Waals surface area contributed by atoms with Crippen LogP contribution in [0.15, 0.2) is 76.9 Å². The zero-order valence-electron chi connectivity index (χ0n) is 33.8. The van der Waals surface area contributed by atoms with E-state index in [9.17, 15) is 4.79 Å². The Morgan fingerprint density at radius 3 is 2.10 bits per heavy atom. The molecule has 1 aromatic carbocycles. The Morgan fingerprint density at radius 2 is 1.60 bits per heavy atom. The van der Waals surface area contributed by atoms with Crippen LogP contribution in [0.2, 0.25) is 19.6 Å². The lowest BCUT2D eigenvalue weighted by Gasteiger charge is -2.39. The number of carbonyl (C=O) groups excluding carboxylic acids is 1. The molecule has 0 aliphatic heterocycles. The van der Waals surface area contributed by atoms with Crippen LogP contribution in [0, 0.1) is 17.9 Å². The molecule has 8 nitrogen and oxygen atoms in total. The van der Waals surface area contributed by atoms with E-state index in [1.807, 2.05) is 78.0 Å². The highest BCUT2D eigenvalue weighted by Crippen LogP contribution is 2.34. The fourth-order valence-electron chi connectivity index (χ4n) is 5.94. The van der Waals surface area contributed by atoms with Gasteiger partial charge in [0.05, 0.1) is 31.5 Å². The first-order valence-corrected chi connectivity index (χ1v) is 23.0. The van der Waals surface area contributed by atoms with Crippen LogP contribution in [0.1, 0.15) is 98.5 Å². The highest BCUT2D eigenvalue weighted by Gasteiger charge is 2.45. The van der Waals surface area contributed by atoms with Gasteiger partial charge in [-0.15, -0.1) is 0 Å². The largest absolute Gasteiger partial charge is 0.543 e. The summed E-state index contributed by atoms with van der Waals surface area (Å²) in [6.45, 7) is 21.4. The molecule has 0 saturated heterocycles. The molecule has 9 heteroatoms. The Bertz CT molecular complexity index is 1290. The second-order valence-corrected chi connectivity index (χ2v) is 19.0. The van der Waals surface area contributed by atoms with E-state index in [0.29, 0.717) is 38.3 Å². The molecule has 290 valence electrons. The lowest BCUT2D eigenvalue weighted by atomic mass is 9.77. The third-order valence-electron chi connectivity index (χ3n) is 9.11. The first-order chi connectivity index (χ1) is 24.9. The van der Waals surface area contributed by atoms with Crippen molar-refractivity contribution in [1.29, 1.82) is 0 Å². The number of esters is 1. The van der Waals surface area contributed by atoms with Crippen LogP contribution in [-0.4, -0.2) is 65.1 Å². The molecule has 0 heterocycles. The van der Waals surface area contributed by atoms with Crippen LogP contribution in [0.5, 0.6) is 0 Å². The highest BCUT2D eigenvalue weighted by atomic mass is 28.4. The number of allylic oxidation sites excluding steroid dienone is 5. The van der Waals surface area contributed by atoms with E-state index >= 15 is 0 Å². The first kappa shape index (κ1) is 44.9. The van der Waals surface area contributed by atoms with Gasteiger partial charge in [-0.2, -0.15) is 0 Å². The molecular formula is C43H69N2O6Si+. The Labute approximate surface area is 317 Å². The molecule has 2 fully saturated rings. The molecule has 0 amide bonds. The van der Waals surface area contributed by atoms with E-state index < -0.39 is 13.9 Å². The summed E-state index contributed by atoms with van der Waals surface area (Å²) < 4.78 is 27.7. The lowest BCUT2D eigenvalue weighted by molar-refractivity contribution is -0.174. The van der Waals surface area contributed by atoms with E-state index in [-0.39, 0.29) is 12.0 Å². The number of ether oxygens (including phenoxy) is 4. The van der Waals surface area contributed by atoms with Gasteiger partial charge in [0.25, 0.3) is 0 Å². The van der Waals surface area contributed by atoms with Crippen molar-refractivity contribution in [1.82, 2.24) is 5.32 Å². The van der Waals surface area contributed by atoms with Gasteiger partial charge in [-0.3, -0.25) is 4.99 Å². The van der Waals surface area contributed by atoms with E-state index in [2.05, 4.69) is 60.4 Å². The normalized spacial score (nSPS) is 17.0. The molecule has 0 aromatic heterocycles. The molecule has 0 radical (unpaired) electrons. The average Bonchev–Trinajstić information content (AvgIpc) is 3.07. The molecule has 3 aliphatic rings. The average molecular weight is 738 g/mol. The van der Waals surface area contributed by atoms with Crippen LogP contribution >= 0.6 is 0 Å². The van der Waals surface area contributed by atoms with Gasteiger partial charge < -0.3 is 28.7 Å². The van der Waals surface area contributed by atoms with E-state index in [1.165, 1.54) is 56.1 Å². The summed E-state index contributed by atoms with van der Waals surface area (Å²) in [5.74, 6) is 2.62. The van der Waals surface area contributed by atoms with E-state index in [1.54, 1.807) is 0 Å². The zero-order valence-corrected chi connectivity index (χ0v) is 34.8. The minimum absolute atomic E-state index is 0.0537. The number of nitrogens with zero attached hydrogens (tertiary/aromatic N) is 1. The predicted molar refractivity (Wildman–Crippen MR) is 216 cm³/mol. The number of benzene rings is 1. The van der Waals surface area contributed by atoms with Gasteiger partial charge in [0, 0.05) is 37.6 Å². The maximum atomic E-state index is 12.6. The summed E-state index contributed by atoms with van der Waals surface area (Å²) in [6.07, 6.45) is 23.3. The van der Waals surface area contributed by atoms with Crippen molar-refractivity contribution in [3.05, 3.63) is 83.6 Å². The Kier molecular flexibility index (Phi) is 21.5. The van der Waals surface area contributed by atoms with Crippen molar-refractivity contribution < 1.29 is 28.2 Å². The fourth-order valence-corrected chi connectivity index (χ4v) is 6.94. The first-order valence-electron chi connectivity index (χ1n) is 19.6. The maximum Gasteiger partial charge on any atom is 0.339 e. The second kappa shape index (κ2) is 24.9. The maximum absolute atomic E-state index is 12.6. The minimum atomic E-state index is -1.56. The molecule has 0 bridgehead atoms. The molecule has 2 unspecified atom stereocenters. The van der Waals surface area contributed by atoms with Crippen molar-refractivity contribution in [2.24, 2.45) is 16.8 Å². The highest BCUT2D eigenvalue weighted by molar-refractivity contribution is 6.70. The Morgan fingerprint density at radius 1 is 0.962 bits per heavy atom. The van der Waals surface area contributed by atoms with Crippen LogP contribution < -0.4 is 5.32 Å². The van der Waals surface area contributed by atoms with Crippen LogP contribution in [-0.2, 0) is 34.7 Å². The number of hydrogen-bond acceptors (Lipinski definition) is 8. The Balaban J connectivity index is 0.000000288. The summed E-state index contributed by atoms with van der Waals surface area (Å²) in [7, 11) is -1.56. The number of aliphatic imine (C=N–C) groups is 1. The number of hydrogen-bond donors (Lipinski definition) is 1. The quantitative estimate of drug-likeness (QED) is 0.0469. The minimum Gasteiger partial charge on any atom is -0.543 e. The van der Waals surface area contributed by atoms with Gasteiger partial charge in [-0.05, 0) is 91.4 Å². The molecule has 2 atom stereocenters. The third kappa shape index (κ3) is 17.5. The van der Waals surface area contributed by atoms with Crippen molar-refractivity contribution in [2.45, 2.75) is 131 Å². The number of carbonyl (C=O) groups is 1. The molecular weight excluding hydrogens is 669 g/mol. The molecule has 4 rings (SSSR count). The van der Waals surface area contributed by atoms with Crippen molar-refractivity contribution in [3.63, 3.8) is 0 Å². The summed E-state index contributed by atoms with van der Waals surface area (Å²) in [5, 5.41) is 3.57. The molecule has 1 aromatic rings. The molecule has 3 aliphatic carbocycles. The SMILES string of the molecule is CCOC(=O)C(C)(OCC)C(CC1CCC1)NCc1ccccc1.CCOC(OCC)=C(C)O[Si](C)(C)C.[C+]1=CC(CN=CCC2CCC2)=CC=C1. The van der Waals surface area contributed by atoms with Gasteiger partial charge in [0.1, 0.15) is 18.7 Å². The zero-order chi connectivity index (χ0) is 38.2. The molecule has 52 heavy (non-hydrogen) atoms. The second-order valence-electron chi connectivity index (χ2n) is 14.6. The third-order valence-corrected chi connectivity index (χ3v) is 10.0. The summed E-state index contributed by atoms with van der Waals surface area (Å²) in [5.41, 5.74) is 1.51. The summed E-state index contributed by atoms with van der Waals surface area (Å²) >= 11 is 0. The number of rotatable bonds is 20. The van der Waals surface area contributed by atoms with Gasteiger partial charge in [0.2, 0.25) is 8.32 Å². The molecule has 2 saturated carbocycles. The lowest BCUT2D eigenvalue weighted by Crippen LogP contribution is -2.57. The van der Waals surface area contributed by atoms with Gasteiger partial charge in [-0.25, -0.2) is 4.79 Å².